The van der Waals surface area contributed by atoms with Crippen molar-refractivity contribution in [3.05, 3.63) is 0 Å². The van der Waals surface area contributed by atoms with E-state index in [4.69, 9.17) is 17.0 Å². The highest BCUT2D eigenvalue weighted by molar-refractivity contribution is 7.80. The minimum Gasteiger partial charge on any atom is -0.383 e. The maximum absolute atomic E-state index is 5.33. The zero-order chi connectivity index (χ0) is 13.4. The van der Waals surface area contributed by atoms with Gasteiger partial charge < -0.3 is 15.4 Å². The first kappa shape index (κ1) is 15.7. The number of rotatable bonds is 6. The highest BCUT2D eigenvalue weighted by atomic mass is 32.1. The molecule has 1 aliphatic rings. The molecule has 1 aliphatic carbocycles. The summed E-state index contributed by atoms with van der Waals surface area (Å²) in [5.41, 5.74) is 0. The monoisotopic (exact) mass is 272 g/mol. The van der Waals surface area contributed by atoms with Gasteiger partial charge in [0.1, 0.15) is 0 Å². The summed E-state index contributed by atoms with van der Waals surface area (Å²) in [5, 5.41) is 7.47. The number of hydrogen-bond acceptors (Lipinski definition) is 2. The van der Waals surface area contributed by atoms with Crippen LogP contribution in [0.3, 0.4) is 0 Å². The highest BCUT2D eigenvalue weighted by Crippen LogP contribution is 2.27. The summed E-state index contributed by atoms with van der Waals surface area (Å²) >= 11 is 5.33. The molecule has 3 nitrogen and oxygen atoms in total. The van der Waals surface area contributed by atoms with Crippen LogP contribution in [0.2, 0.25) is 0 Å². The van der Waals surface area contributed by atoms with E-state index in [0.29, 0.717) is 12.6 Å². The Kier molecular flexibility index (Phi) is 7.59. The lowest BCUT2D eigenvalue weighted by molar-refractivity contribution is 0.179. The predicted molar refractivity (Wildman–Crippen MR) is 80.9 cm³/mol. The van der Waals surface area contributed by atoms with Gasteiger partial charge in [-0.25, -0.2) is 0 Å². The van der Waals surface area contributed by atoms with E-state index in [1.807, 2.05) is 0 Å². The number of nitrogens with one attached hydrogen (secondary N) is 2. The maximum atomic E-state index is 5.33. The Hall–Kier alpha value is -0.350. The van der Waals surface area contributed by atoms with Crippen molar-refractivity contribution in [1.29, 1.82) is 0 Å². The second kappa shape index (κ2) is 8.70. The summed E-state index contributed by atoms with van der Waals surface area (Å²) in [7, 11) is 1.71. The Labute approximate surface area is 117 Å². The molecule has 106 valence electrons. The summed E-state index contributed by atoms with van der Waals surface area (Å²) < 4.78 is 5.09. The van der Waals surface area contributed by atoms with E-state index >= 15 is 0 Å². The number of hydrogen-bond donors (Lipinski definition) is 2. The summed E-state index contributed by atoms with van der Waals surface area (Å²) in [5.74, 6) is 0.946. The third-order valence-corrected chi connectivity index (χ3v) is 3.91. The lowest BCUT2D eigenvalue weighted by Gasteiger charge is -2.30. The van der Waals surface area contributed by atoms with Gasteiger partial charge in [0.25, 0.3) is 0 Å². The molecule has 1 fully saturated rings. The van der Waals surface area contributed by atoms with Gasteiger partial charge in [-0.15, -0.1) is 0 Å². The van der Waals surface area contributed by atoms with Crippen LogP contribution in [0.4, 0.5) is 0 Å². The fraction of sp³-hybridized carbons (Fsp3) is 0.929. The molecule has 0 aromatic carbocycles. The summed E-state index contributed by atoms with van der Waals surface area (Å²) in [6, 6.07) is 0.833. The van der Waals surface area contributed by atoms with E-state index in [1.165, 1.54) is 38.5 Å². The Balaban J connectivity index is 2.18. The second-order valence-corrected chi connectivity index (χ2v) is 5.89. The minimum absolute atomic E-state index is 0.270. The second-order valence-electron chi connectivity index (χ2n) is 5.48. The highest BCUT2D eigenvalue weighted by Gasteiger charge is 2.21. The molecule has 0 amide bonds. The zero-order valence-electron chi connectivity index (χ0n) is 12.0. The Bertz CT molecular complexity index is 240. The number of ether oxygens (including phenoxy) is 1. The van der Waals surface area contributed by atoms with Crippen molar-refractivity contribution >= 4 is 17.3 Å². The first-order chi connectivity index (χ1) is 8.65. The standard InChI is InChI=1S/C14H28N2OS/c1-4-5-12-6-8-13(9-7-12)16-14(18)15-11(2)10-17-3/h11-13H,4-10H2,1-3H3,(H2,15,16,18). The molecule has 0 radical (unpaired) electrons. The smallest absolute Gasteiger partial charge is 0.166 e. The van der Waals surface area contributed by atoms with Gasteiger partial charge in [-0.2, -0.15) is 0 Å². The van der Waals surface area contributed by atoms with Crippen molar-refractivity contribution in [2.75, 3.05) is 13.7 Å². The van der Waals surface area contributed by atoms with Crippen LogP contribution in [0.5, 0.6) is 0 Å². The van der Waals surface area contributed by atoms with E-state index in [-0.39, 0.29) is 6.04 Å². The van der Waals surface area contributed by atoms with Gasteiger partial charge in [-0.3, -0.25) is 0 Å². The minimum atomic E-state index is 0.270. The topological polar surface area (TPSA) is 33.3 Å². The predicted octanol–water partition coefficient (Wildman–Crippen LogP) is 2.84. The van der Waals surface area contributed by atoms with E-state index in [0.717, 1.165) is 11.0 Å². The fourth-order valence-electron chi connectivity index (χ4n) is 2.75. The van der Waals surface area contributed by atoms with Gasteiger partial charge in [0.05, 0.1) is 6.61 Å². The van der Waals surface area contributed by atoms with Crippen LogP contribution < -0.4 is 10.6 Å². The van der Waals surface area contributed by atoms with Gasteiger partial charge in [0.2, 0.25) is 0 Å². The van der Waals surface area contributed by atoms with E-state index in [2.05, 4.69) is 24.5 Å². The van der Waals surface area contributed by atoms with Crippen LogP contribution in [-0.2, 0) is 4.74 Å². The van der Waals surface area contributed by atoms with Crippen LogP contribution in [0, 0.1) is 5.92 Å². The molecule has 1 unspecified atom stereocenters. The van der Waals surface area contributed by atoms with E-state index < -0.39 is 0 Å². The van der Waals surface area contributed by atoms with Crippen molar-refractivity contribution < 1.29 is 4.74 Å². The first-order valence-electron chi connectivity index (χ1n) is 7.21. The number of methoxy groups -OCH3 is 1. The SMILES string of the molecule is CCCC1CCC(NC(=S)NC(C)COC)CC1. The van der Waals surface area contributed by atoms with Gasteiger partial charge in [0, 0.05) is 19.2 Å². The molecule has 4 heteroatoms. The largest absolute Gasteiger partial charge is 0.383 e. The average molecular weight is 272 g/mol. The normalized spacial score (nSPS) is 25.5. The van der Waals surface area contributed by atoms with E-state index in [1.54, 1.807) is 7.11 Å². The van der Waals surface area contributed by atoms with Crippen molar-refractivity contribution in [2.24, 2.45) is 5.92 Å². The van der Waals surface area contributed by atoms with Gasteiger partial charge in [-0.05, 0) is 50.7 Å². The Morgan fingerprint density at radius 3 is 2.56 bits per heavy atom. The quantitative estimate of drug-likeness (QED) is 0.729. The Morgan fingerprint density at radius 1 is 1.33 bits per heavy atom. The third-order valence-electron chi connectivity index (χ3n) is 3.67. The van der Waals surface area contributed by atoms with Crippen LogP contribution in [0.1, 0.15) is 52.4 Å². The van der Waals surface area contributed by atoms with Crippen molar-refractivity contribution in [3.8, 4) is 0 Å². The number of thiocarbonyl (C=S) groups is 1. The molecule has 1 rings (SSSR count). The Morgan fingerprint density at radius 2 is 2.00 bits per heavy atom. The molecule has 0 aromatic heterocycles. The molecule has 1 atom stereocenters. The fourth-order valence-corrected chi connectivity index (χ4v) is 3.11. The average Bonchev–Trinajstić information content (AvgIpc) is 2.32. The summed E-state index contributed by atoms with van der Waals surface area (Å²) in [6.07, 6.45) is 7.91. The molecular formula is C14H28N2OS. The van der Waals surface area contributed by atoms with Gasteiger partial charge >= 0.3 is 0 Å². The van der Waals surface area contributed by atoms with Crippen molar-refractivity contribution in [3.63, 3.8) is 0 Å². The molecule has 0 heterocycles. The van der Waals surface area contributed by atoms with Crippen molar-refractivity contribution in [2.45, 2.75) is 64.5 Å². The van der Waals surface area contributed by atoms with E-state index in [9.17, 15) is 0 Å². The molecule has 0 bridgehead atoms. The summed E-state index contributed by atoms with van der Waals surface area (Å²) in [6.45, 7) is 5.04. The first-order valence-corrected chi connectivity index (χ1v) is 7.62. The zero-order valence-corrected chi connectivity index (χ0v) is 12.8. The van der Waals surface area contributed by atoms with Crippen LogP contribution >= 0.6 is 12.2 Å². The van der Waals surface area contributed by atoms with Crippen LogP contribution in [-0.4, -0.2) is 30.9 Å². The molecule has 0 spiro atoms. The summed E-state index contributed by atoms with van der Waals surface area (Å²) in [4.78, 5) is 0. The molecule has 1 saturated carbocycles. The molecule has 0 saturated heterocycles. The molecule has 2 N–H and O–H groups in total. The third kappa shape index (κ3) is 6.01. The maximum Gasteiger partial charge on any atom is 0.166 e. The molecule has 0 aliphatic heterocycles. The van der Waals surface area contributed by atoms with Crippen LogP contribution in [0.15, 0.2) is 0 Å². The lowest BCUT2D eigenvalue weighted by Crippen LogP contribution is -2.47. The van der Waals surface area contributed by atoms with Gasteiger partial charge in [0.15, 0.2) is 5.11 Å². The lowest BCUT2D eigenvalue weighted by atomic mass is 9.83. The molecular weight excluding hydrogens is 244 g/mol. The van der Waals surface area contributed by atoms with Crippen LogP contribution in [0.25, 0.3) is 0 Å². The van der Waals surface area contributed by atoms with Crippen molar-refractivity contribution in [1.82, 2.24) is 10.6 Å². The van der Waals surface area contributed by atoms with Gasteiger partial charge in [-0.1, -0.05) is 19.8 Å². The molecule has 0 aromatic rings. The molecule has 18 heavy (non-hydrogen) atoms.